The molecule has 2 rings (SSSR count). The van der Waals surface area contributed by atoms with Crippen molar-refractivity contribution >= 4 is 22.8 Å². The minimum atomic E-state index is -0.0692. The van der Waals surface area contributed by atoms with Crippen molar-refractivity contribution in [2.75, 3.05) is 18.0 Å². The molecule has 3 nitrogen and oxygen atoms in total. The fraction of sp³-hybridized carbons (Fsp3) is 0.714. The van der Waals surface area contributed by atoms with E-state index >= 15 is 0 Å². The number of aldehydes is 1. The maximum atomic E-state index is 11.2. The highest BCUT2D eigenvalue weighted by Crippen LogP contribution is 2.37. The summed E-state index contributed by atoms with van der Waals surface area (Å²) >= 11 is 1.53. The van der Waals surface area contributed by atoms with Crippen LogP contribution in [0.3, 0.4) is 0 Å². The molecule has 0 N–H and O–H groups in total. The van der Waals surface area contributed by atoms with E-state index < -0.39 is 0 Å². The molecule has 1 aliphatic heterocycles. The summed E-state index contributed by atoms with van der Waals surface area (Å²) in [6.07, 6.45) is 2.14. The maximum absolute atomic E-state index is 11.2. The number of anilines is 1. The van der Waals surface area contributed by atoms with Gasteiger partial charge in [0.2, 0.25) is 0 Å². The van der Waals surface area contributed by atoms with Gasteiger partial charge in [-0.1, -0.05) is 46.0 Å². The van der Waals surface area contributed by atoms with Gasteiger partial charge < -0.3 is 4.90 Å². The van der Waals surface area contributed by atoms with Crippen molar-refractivity contribution in [1.29, 1.82) is 0 Å². The lowest BCUT2D eigenvalue weighted by Crippen LogP contribution is -2.23. The Morgan fingerprint density at radius 1 is 1.39 bits per heavy atom. The molecule has 4 heteroatoms. The number of rotatable bonds is 2. The smallest absolute Gasteiger partial charge is 0.186 e. The van der Waals surface area contributed by atoms with E-state index in [2.05, 4.69) is 39.5 Å². The highest BCUT2D eigenvalue weighted by Gasteiger charge is 2.32. The first kappa shape index (κ1) is 13.5. The summed E-state index contributed by atoms with van der Waals surface area (Å²) in [5, 5.41) is 1.01. The number of thiazole rings is 1. The molecule has 0 aliphatic carbocycles. The van der Waals surface area contributed by atoms with Gasteiger partial charge >= 0.3 is 0 Å². The molecular formula is C14H22N2OS. The van der Waals surface area contributed by atoms with Gasteiger partial charge in [-0.2, -0.15) is 0 Å². The van der Waals surface area contributed by atoms with Gasteiger partial charge in [-0.05, 0) is 11.8 Å². The molecule has 18 heavy (non-hydrogen) atoms. The number of aromatic nitrogens is 1. The Labute approximate surface area is 113 Å². The summed E-state index contributed by atoms with van der Waals surface area (Å²) in [6, 6.07) is 0. The van der Waals surface area contributed by atoms with Gasteiger partial charge in [0.05, 0.1) is 10.6 Å². The maximum Gasteiger partial charge on any atom is 0.186 e. The minimum absolute atomic E-state index is 0.0692. The van der Waals surface area contributed by atoms with Crippen molar-refractivity contribution in [2.45, 2.75) is 46.5 Å². The zero-order valence-corrected chi connectivity index (χ0v) is 12.7. The van der Waals surface area contributed by atoms with E-state index in [-0.39, 0.29) is 5.41 Å². The van der Waals surface area contributed by atoms with Crippen molar-refractivity contribution < 1.29 is 4.79 Å². The van der Waals surface area contributed by atoms with E-state index in [1.165, 1.54) is 17.8 Å². The molecule has 2 heterocycles. The van der Waals surface area contributed by atoms with Crippen LogP contribution < -0.4 is 4.90 Å². The fourth-order valence-corrected chi connectivity index (χ4v) is 3.46. The van der Waals surface area contributed by atoms with E-state index in [4.69, 9.17) is 4.98 Å². The second-order valence-electron chi connectivity index (χ2n) is 6.91. The molecule has 100 valence electrons. The average molecular weight is 266 g/mol. The van der Waals surface area contributed by atoms with Crippen LogP contribution in [0.2, 0.25) is 0 Å². The predicted octanol–water partition coefficient (Wildman–Crippen LogP) is 3.49. The second kappa shape index (κ2) is 4.34. The third kappa shape index (κ3) is 2.58. The first-order valence-corrected chi connectivity index (χ1v) is 7.26. The van der Waals surface area contributed by atoms with E-state index in [1.54, 1.807) is 0 Å². The summed E-state index contributed by atoms with van der Waals surface area (Å²) in [5.41, 5.74) is 1.22. The zero-order valence-electron chi connectivity index (χ0n) is 11.9. The highest BCUT2D eigenvalue weighted by molar-refractivity contribution is 7.17. The second-order valence-corrected chi connectivity index (χ2v) is 7.92. The number of nitrogens with zero attached hydrogens (tertiary/aromatic N) is 2. The standard InChI is InChI=1S/C14H22N2OS/c1-13(2,3)11-10(8-17)18-12(15-11)16-7-6-14(4,5)9-16/h8H,6-7,9H2,1-5H3. The average Bonchev–Trinajstić information content (AvgIpc) is 2.79. The Kier molecular flexibility index (Phi) is 3.26. The molecule has 1 aromatic rings. The van der Waals surface area contributed by atoms with Gasteiger partial charge in [0.15, 0.2) is 11.4 Å². The van der Waals surface area contributed by atoms with Crippen molar-refractivity contribution in [3.63, 3.8) is 0 Å². The van der Waals surface area contributed by atoms with Crippen LogP contribution in [0.15, 0.2) is 0 Å². The molecule has 0 radical (unpaired) electrons. The fourth-order valence-electron chi connectivity index (χ4n) is 2.35. The largest absolute Gasteiger partial charge is 0.348 e. The molecule has 0 atom stereocenters. The van der Waals surface area contributed by atoms with Gasteiger partial charge in [0, 0.05) is 18.5 Å². The summed E-state index contributed by atoms with van der Waals surface area (Å²) < 4.78 is 0. The Morgan fingerprint density at radius 3 is 2.44 bits per heavy atom. The highest BCUT2D eigenvalue weighted by atomic mass is 32.1. The molecule has 0 saturated carbocycles. The number of hydrogen-bond acceptors (Lipinski definition) is 4. The van der Waals surface area contributed by atoms with Crippen LogP contribution in [0.25, 0.3) is 0 Å². The van der Waals surface area contributed by atoms with Crippen LogP contribution in [0.5, 0.6) is 0 Å². The van der Waals surface area contributed by atoms with Gasteiger partial charge in [-0.15, -0.1) is 0 Å². The third-order valence-corrected chi connectivity index (χ3v) is 4.45. The summed E-state index contributed by atoms with van der Waals surface area (Å²) in [5.74, 6) is 0. The topological polar surface area (TPSA) is 33.2 Å². The van der Waals surface area contributed by atoms with Crippen LogP contribution in [0.4, 0.5) is 5.13 Å². The van der Waals surface area contributed by atoms with E-state index in [0.29, 0.717) is 5.41 Å². The van der Waals surface area contributed by atoms with Gasteiger partial charge in [0.25, 0.3) is 0 Å². The van der Waals surface area contributed by atoms with E-state index in [1.807, 2.05) is 0 Å². The van der Waals surface area contributed by atoms with Crippen molar-refractivity contribution in [3.8, 4) is 0 Å². The Hall–Kier alpha value is -0.900. The van der Waals surface area contributed by atoms with Crippen LogP contribution in [0, 0.1) is 5.41 Å². The van der Waals surface area contributed by atoms with Crippen LogP contribution in [0.1, 0.15) is 56.4 Å². The summed E-state index contributed by atoms with van der Waals surface area (Å²) in [6.45, 7) is 13.0. The van der Waals surface area contributed by atoms with E-state index in [0.717, 1.165) is 35.1 Å². The van der Waals surface area contributed by atoms with Gasteiger partial charge in [0.1, 0.15) is 0 Å². The predicted molar refractivity (Wildman–Crippen MR) is 76.8 cm³/mol. The molecule has 0 amide bonds. The van der Waals surface area contributed by atoms with Crippen LogP contribution in [-0.2, 0) is 5.41 Å². The van der Waals surface area contributed by atoms with Crippen molar-refractivity contribution in [2.24, 2.45) is 5.41 Å². The summed E-state index contributed by atoms with van der Waals surface area (Å²) in [7, 11) is 0. The molecule has 0 spiro atoms. The Balaban J connectivity index is 2.31. The quantitative estimate of drug-likeness (QED) is 0.768. The van der Waals surface area contributed by atoms with Crippen molar-refractivity contribution in [1.82, 2.24) is 4.98 Å². The molecule has 1 aliphatic rings. The van der Waals surface area contributed by atoms with Crippen LogP contribution in [-0.4, -0.2) is 24.4 Å². The van der Waals surface area contributed by atoms with E-state index in [9.17, 15) is 4.79 Å². The molecule has 0 aromatic carbocycles. The van der Waals surface area contributed by atoms with Gasteiger partial charge in [-0.3, -0.25) is 4.79 Å². The van der Waals surface area contributed by atoms with Crippen molar-refractivity contribution in [3.05, 3.63) is 10.6 Å². The normalized spacial score (nSPS) is 19.3. The zero-order chi connectivity index (χ0) is 13.6. The number of carbonyl (C=O) groups is 1. The summed E-state index contributed by atoms with van der Waals surface area (Å²) in [4.78, 5) is 19.0. The van der Waals surface area contributed by atoms with Gasteiger partial charge in [-0.25, -0.2) is 4.98 Å². The SMILES string of the molecule is CC1(C)CCN(c2nc(C(C)(C)C)c(C=O)s2)C1. The van der Waals surface area contributed by atoms with Crippen LogP contribution >= 0.6 is 11.3 Å². The molecule has 1 aromatic heterocycles. The molecular weight excluding hydrogens is 244 g/mol. The molecule has 0 unspecified atom stereocenters. The molecule has 0 bridgehead atoms. The minimum Gasteiger partial charge on any atom is -0.348 e. The molecule has 1 fully saturated rings. The lowest BCUT2D eigenvalue weighted by atomic mass is 9.91. The number of carbonyl (C=O) groups excluding carboxylic acids is 1. The third-order valence-electron chi connectivity index (χ3n) is 3.41. The lowest BCUT2D eigenvalue weighted by molar-refractivity contribution is 0.112. The molecule has 1 saturated heterocycles. The Bertz CT molecular complexity index is 457. The number of hydrogen-bond donors (Lipinski definition) is 0. The lowest BCUT2D eigenvalue weighted by Gasteiger charge is -2.19. The first-order chi connectivity index (χ1) is 8.23. The Morgan fingerprint density at radius 2 is 2.06 bits per heavy atom. The monoisotopic (exact) mass is 266 g/mol. The first-order valence-electron chi connectivity index (χ1n) is 6.44.